The number of furan rings is 1. The molecule has 11 aromatic rings. The van der Waals surface area contributed by atoms with E-state index < -0.39 is 0 Å². The number of fused-ring (bicyclic) bond motifs is 7. The van der Waals surface area contributed by atoms with Crippen LogP contribution in [-0.4, -0.2) is 19.5 Å². The lowest BCUT2D eigenvalue weighted by Gasteiger charge is -2.15. The van der Waals surface area contributed by atoms with Gasteiger partial charge in [-0.3, -0.25) is 0 Å². The molecule has 0 saturated carbocycles. The summed E-state index contributed by atoms with van der Waals surface area (Å²) in [6.07, 6.45) is 3.41. The first-order valence-electron chi connectivity index (χ1n) is 20.1. The predicted octanol–water partition coefficient (Wildman–Crippen LogP) is 14.0. The van der Waals surface area contributed by atoms with E-state index in [1.165, 1.54) is 29.2 Å². The molecule has 0 fully saturated rings. The number of hydrogen-bond acceptors (Lipinski definition) is 4. The molecule has 0 aliphatic heterocycles. The van der Waals surface area contributed by atoms with E-state index >= 15 is 0 Å². The Bertz CT molecular complexity index is 3320. The van der Waals surface area contributed by atoms with E-state index in [-0.39, 0.29) is 0 Å². The first-order valence-corrected chi connectivity index (χ1v) is 20.1. The number of aromatic nitrogens is 4. The smallest absolute Gasteiger partial charge is 0.164 e. The first-order chi connectivity index (χ1) is 28.7. The molecule has 0 amide bonds. The Hall–Kier alpha value is -7.37. The van der Waals surface area contributed by atoms with Crippen LogP contribution in [-0.2, 0) is 6.42 Å². The van der Waals surface area contributed by atoms with Gasteiger partial charge in [-0.1, -0.05) is 153 Å². The molecule has 0 unspecified atom stereocenters. The number of nitrogens with zero attached hydrogens (tertiary/aromatic N) is 4. The van der Waals surface area contributed by atoms with Gasteiger partial charge in [0.25, 0.3) is 0 Å². The maximum absolute atomic E-state index is 6.30. The highest BCUT2D eigenvalue weighted by atomic mass is 16.3. The predicted molar refractivity (Wildman–Crippen MR) is 239 cm³/mol. The number of unbranched alkanes of at least 4 members (excludes halogenated alkanes) is 1. The summed E-state index contributed by atoms with van der Waals surface area (Å²) in [5.74, 6) is 1.96. The average molecular weight is 747 g/mol. The van der Waals surface area contributed by atoms with Gasteiger partial charge < -0.3 is 8.98 Å². The highest BCUT2D eigenvalue weighted by Crippen LogP contribution is 2.41. The lowest BCUT2D eigenvalue weighted by Crippen LogP contribution is -2.02. The van der Waals surface area contributed by atoms with Gasteiger partial charge >= 0.3 is 0 Å². The topological polar surface area (TPSA) is 56.7 Å². The van der Waals surface area contributed by atoms with Gasteiger partial charge in [-0.15, -0.1) is 0 Å². The third-order valence-electron chi connectivity index (χ3n) is 11.5. The minimum atomic E-state index is 0.645. The van der Waals surface area contributed by atoms with Gasteiger partial charge in [0.05, 0.1) is 16.7 Å². The molecule has 11 rings (SSSR count). The van der Waals surface area contributed by atoms with Crippen LogP contribution in [0, 0.1) is 0 Å². The van der Waals surface area contributed by atoms with Crippen LogP contribution in [0.3, 0.4) is 0 Å². The molecule has 0 aliphatic rings. The summed E-state index contributed by atoms with van der Waals surface area (Å²) in [5, 5.41) is 6.85. The zero-order valence-electron chi connectivity index (χ0n) is 32.1. The van der Waals surface area contributed by atoms with E-state index in [0.717, 1.165) is 83.7 Å². The Morgan fingerprint density at radius 2 is 1.09 bits per heavy atom. The normalized spacial score (nSPS) is 11.7. The third-order valence-corrected chi connectivity index (χ3v) is 11.5. The standard InChI is InChI=1S/C53H38N4O/c1-2-3-14-34-25-27-36(28-26-34)52-54-51(35-15-5-4-6-16-35)55-53(56-52)43-31-32-46(40-18-8-7-17-39(40)43)57-45-22-11-9-19-41(45)42-30-29-37(33-47(42)57)38-21-13-24-49-50(38)44-20-10-12-23-48(44)58-49/h4-13,15-33H,2-3,14H2,1H3. The summed E-state index contributed by atoms with van der Waals surface area (Å²) in [6.45, 7) is 2.23. The Morgan fingerprint density at radius 1 is 0.448 bits per heavy atom. The van der Waals surface area contributed by atoms with Crippen molar-refractivity contribution in [3.8, 4) is 51.0 Å². The van der Waals surface area contributed by atoms with Gasteiger partial charge in [-0.05, 0) is 71.3 Å². The number of aryl methyl sites for hydroxylation is 1. The minimum Gasteiger partial charge on any atom is -0.456 e. The average Bonchev–Trinajstić information content (AvgIpc) is 3.84. The van der Waals surface area contributed by atoms with Crippen molar-refractivity contribution < 1.29 is 4.42 Å². The van der Waals surface area contributed by atoms with Crippen molar-refractivity contribution in [3.63, 3.8) is 0 Å². The largest absolute Gasteiger partial charge is 0.456 e. The first kappa shape index (κ1) is 33.9. The number of benzene rings is 8. The Kier molecular flexibility index (Phi) is 8.18. The van der Waals surface area contributed by atoms with Crippen molar-refractivity contribution in [1.82, 2.24) is 19.5 Å². The summed E-state index contributed by atoms with van der Waals surface area (Å²) in [5.41, 5.74) is 11.7. The second-order valence-electron chi connectivity index (χ2n) is 15.0. The van der Waals surface area contributed by atoms with Crippen molar-refractivity contribution in [2.45, 2.75) is 26.2 Å². The maximum atomic E-state index is 6.30. The van der Waals surface area contributed by atoms with E-state index in [4.69, 9.17) is 19.4 Å². The highest BCUT2D eigenvalue weighted by molar-refractivity contribution is 6.15. The van der Waals surface area contributed by atoms with Crippen LogP contribution < -0.4 is 0 Å². The molecule has 0 spiro atoms. The third kappa shape index (κ3) is 5.66. The second-order valence-corrected chi connectivity index (χ2v) is 15.0. The molecule has 8 aromatic carbocycles. The van der Waals surface area contributed by atoms with Crippen molar-refractivity contribution in [3.05, 3.63) is 181 Å². The molecule has 0 bridgehead atoms. The van der Waals surface area contributed by atoms with E-state index in [1.807, 2.05) is 30.3 Å². The lowest BCUT2D eigenvalue weighted by molar-refractivity contribution is 0.669. The summed E-state index contributed by atoms with van der Waals surface area (Å²) < 4.78 is 8.72. The monoisotopic (exact) mass is 746 g/mol. The molecule has 5 heteroatoms. The van der Waals surface area contributed by atoms with E-state index in [0.29, 0.717) is 17.5 Å². The molecule has 58 heavy (non-hydrogen) atoms. The Labute approximate surface area is 335 Å². The Morgan fingerprint density at radius 3 is 1.90 bits per heavy atom. The van der Waals surface area contributed by atoms with Crippen molar-refractivity contribution in [2.75, 3.05) is 0 Å². The van der Waals surface area contributed by atoms with Gasteiger partial charge in [0.2, 0.25) is 0 Å². The maximum Gasteiger partial charge on any atom is 0.164 e. The lowest BCUT2D eigenvalue weighted by atomic mass is 9.98. The van der Waals surface area contributed by atoms with Gasteiger partial charge in [0, 0.05) is 43.6 Å². The van der Waals surface area contributed by atoms with Crippen LogP contribution in [0.5, 0.6) is 0 Å². The molecule has 0 aliphatic carbocycles. The van der Waals surface area contributed by atoms with E-state index in [9.17, 15) is 0 Å². The van der Waals surface area contributed by atoms with E-state index in [2.05, 4.69) is 157 Å². The zero-order valence-corrected chi connectivity index (χ0v) is 32.1. The summed E-state index contributed by atoms with van der Waals surface area (Å²) >= 11 is 0. The zero-order chi connectivity index (χ0) is 38.6. The van der Waals surface area contributed by atoms with Crippen LogP contribution in [0.15, 0.2) is 180 Å². The summed E-state index contributed by atoms with van der Waals surface area (Å²) in [6, 6.07) is 62.1. The highest BCUT2D eigenvalue weighted by Gasteiger charge is 2.20. The number of hydrogen-bond donors (Lipinski definition) is 0. The quantitative estimate of drug-likeness (QED) is 0.155. The molecular weight excluding hydrogens is 709 g/mol. The number of para-hydroxylation sites is 2. The number of rotatable bonds is 8. The van der Waals surface area contributed by atoms with Gasteiger partial charge in [0.1, 0.15) is 11.2 Å². The second kappa shape index (κ2) is 14.0. The van der Waals surface area contributed by atoms with Crippen molar-refractivity contribution in [2.24, 2.45) is 0 Å². The fourth-order valence-corrected chi connectivity index (χ4v) is 8.63. The fraction of sp³-hybridized carbons (Fsp3) is 0.0755. The molecule has 3 aromatic heterocycles. The molecule has 0 atom stereocenters. The molecule has 0 N–H and O–H groups in total. The van der Waals surface area contributed by atoms with Crippen LogP contribution in [0.25, 0.3) is 105 Å². The molecule has 3 heterocycles. The molecule has 0 saturated heterocycles. The van der Waals surface area contributed by atoms with Crippen LogP contribution in [0.4, 0.5) is 0 Å². The van der Waals surface area contributed by atoms with Gasteiger partial charge in [-0.25, -0.2) is 15.0 Å². The Balaban J connectivity index is 1.11. The summed E-state index contributed by atoms with van der Waals surface area (Å²) in [7, 11) is 0. The molecular formula is C53H38N4O. The minimum absolute atomic E-state index is 0.645. The van der Waals surface area contributed by atoms with Gasteiger partial charge in [-0.2, -0.15) is 0 Å². The molecule has 5 nitrogen and oxygen atoms in total. The van der Waals surface area contributed by atoms with Crippen molar-refractivity contribution in [1.29, 1.82) is 0 Å². The van der Waals surface area contributed by atoms with Crippen LogP contribution in [0.1, 0.15) is 25.3 Å². The fourth-order valence-electron chi connectivity index (χ4n) is 8.63. The van der Waals surface area contributed by atoms with Crippen molar-refractivity contribution >= 4 is 54.5 Å². The summed E-state index contributed by atoms with van der Waals surface area (Å²) in [4.78, 5) is 15.4. The molecule has 0 radical (unpaired) electrons. The van der Waals surface area contributed by atoms with Crippen LogP contribution >= 0.6 is 0 Å². The van der Waals surface area contributed by atoms with Crippen LogP contribution in [0.2, 0.25) is 0 Å². The van der Waals surface area contributed by atoms with Gasteiger partial charge in [0.15, 0.2) is 17.5 Å². The SMILES string of the molecule is CCCCc1ccc(-c2nc(-c3ccccc3)nc(-c3ccc(-n4c5ccccc5c5ccc(-c6cccc7oc8ccccc8c67)cc54)c4ccccc34)n2)cc1. The van der Waals surface area contributed by atoms with E-state index in [1.54, 1.807) is 0 Å². The molecule has 276 valence electrons.